The lowest BCUT2D eigenvalue weighted by molar-refractivity contribution is 0.477. The molecular formula is C18H29NOSi. The molecule has 0 atom stereocenters. The predicted molar refractivity (Wildman–Crippen MR) is 92.5 cm³/mol. The standard InChI is InChI=1S/C18H29NOSi/c1-17(2,3)14-10-13(12-19)11-15(18(4,5)6)16(14)20-21(7,8)9/h10-11H,1-9H3. The van der Waals surface area contributed by atoms with Crippen LogP contribution in [0, 0.1) is 11.3 Å². The molecule has 0 spiro atoms. The highest BCUT2D eigenvalue weighted by Crippen LogP contribution is 2.41. The van der Waals surface area contributed by atoms with Crippen molar-refractivity contribution in [1.29, 1.82) is 5.26 Å². The van der Waals surface area contributed by atoms with Gasteiger partial charge >= 0.3 is 0 Å². The molecule has 0 amide bonds. The first-order chi connectivity index (χ1) is 9.25. The van der Waals surface area contributed by atoms with E-state index in [2.05, 4.69) is 67.3 Å². The topological polar surface area (TPSA) is 33.0 Å². The maximum absolute atomic E-state index is 9.36. The van der Waals surface area contributed by atoms with Crippen molar-refractivity contribution in [3.05, 3.63) is 28.8 Å². The molecule has 2 nitrogen and oxygen atoms in total. The summed E-state index contributed by atoms with van der Waals surface area (Å²) in [6.07, 6.45) is 0. The average molecular weight is 304 g/mol. The van der Waals surface area contributed by atoms with E-state index in [9.17, 15) is 5.26 Å². The summed E-state index contributed by atoms with van der Waals surface area (Å²) in [5, 5.41) is 9.36. The molecule has 0 saturated heterocycles. The van der Waals surface area contributed by atoms with Crippen LogP contribution in [0.15, 0.2) is 12.1 Å². The Morgan fingerprint density at radius 2 is 1.29 bits per heavy atom. The van der Waals surface area contributed by atoms with Gasteiger partial charge in [0.1, 0.15) is 5.75 Å². The van der Waals surface area contributed by atoms with E-state index in [-0.39, 0.29) is 10.8 Å². The Morgan fingerprint density at radius 1 is 0.905 bits per heavy atom. The largest absolute Gasteiger partial charge is 0.544 e. The lowest BCUT2D eigenvalue weighted by Gasteiger charge is -2.33. The van der Waals surface area contributed by atoms with E-state index in [1.807, 2.05) is 12.1 Å². The quantitative estimate of drug-likeness (QED) is 0.688. The number of rotatable bonds is 2. The second kappa shape index (κ2) is 5.49. The summed E-state index contributed by atoms with van der Waals surface area (Å²) >= 11 is 0. The van der Waals surface area contributed by atoms with Crippen molar-refractivity contribution in [3.8, 4) is 11.8 Å². The second-order valence-electron chi connectivity index (χ2n) is 8.73. The van der Waals surface area contributed by atoms with E-state index < -0.39 is 8.32 Å². The molecule has 1 aromatic carbocycles. The number of benzene rings is 1. The van der Waals surface area contributed by atoms with Crippen LogP contribution in [0.1, 0.15) is 58.2 Å². The minimum Gasteiger partial charge on any atom is -0.544 e. The molecule has 0 unspecified atom stereocenters. The van der Waals surface area contributed by atoms with Crippen molar-refractivity contribution in [2.75, 3.05) is 0 Å². The minimum absolute atomic E-state index is 0.0537. The zero-order valence-corrected chi connectivity index (χ0v) is 16.0. The Hall–Kier alpha value is -1.27. The fourth-order valence-corrected chi connectivity index (χ4v) is 3.06. The van der Waals surface area contributed by atoms with Gasteiger partial charge in [-0.2, -0.15) is 5.26 Å². The van der Waals surface area contributed by atoms with Gasteiger partial charge in [-0.15, -0.1) is 0 Å². The lowest BCUT2D eigenvalue weighted by Crippen LogP contribution is -2.32. The molecule has 0 N–H and O–H groups in total. The highest BCUT2D eigenvalue weighted by molar-refractivity contribution is 6.70. The van der Waals surface area contributed by atoms with Gasteiger partial charge in [0.05, 0.1) is 11.6 Å². The summed E-state index contributed by atoms with van der Waals surface area (Å²) in [5.74, 6) is 0.994. The Kier molecular flexibility index (Phi) is 4.65. The first kappa shape index (κ1) is 17.8. The maximum atomic E-state index is 9.36. The Balaban J connectivity index is 3.73. The van der Waals surface area contributed by atoms with Crippen molar-refractivity contribution < 1.29 is 4.43 Å². The van der Waals surface area contributed by atoms with Crippen molar-refractivity contribution in [2.45, 2.75) is 72.0 Å². The summed E-state index contributed by atoms with van der Waals surface area (Å²) in [6, 6.07) is 6.28. The second-order valence-corrected chi connectivity index (χ2v) is 13.2. The van der Waals surface area contributed by atoms with E-state index in [0.29, 0.717) is 5.56 Å². The van der Waals surface area contributed by atoms with Crippen LogP contribution < -0.4 is 4.43 Å². The molecule has 0 radical (unpaired) electrons. The van der Waals surface area contributed by atoms with E-state index in [4.69, 9.17) is 4.43 Å². The van der Waals surface area contributed by atoms with Crippen LogP contribution in [-0.2, 0) is 10.8 Å². The molecule has 0 bridgehead atoms. The molecule has 3 heteroatoms. The Bertz CT molecular complexity index is 528. The van der Waals surface area contributed by atoms with Gasteiger partial charge in [0.25, 0.3) is 0 Å². The Labute approximate surface area is 131 Å². The molecule has 0 fully saturated rings. The SMILES string of the molecule is CC(C)(C)c1cc(C#N)cc(C(C)(C)C)c1O[Si](C)(C)C. The van der Waals surface area contributed by atoms with Crippen LogP contribution in [0.5, 0.6) is 5.75 Å². The van der Waals surface area contributed by atoms with Gasteiger partial charge in [-0.05, 0) is 53.7 Å². The van der Waals surface area contributed by atoms with Gasteiger partial charge in [-0.3, -0.25) is 0 Å². The predicted octanol–water partition coefficient (Wildman–Crippen LogP) is 5.37. The van der Waals surface area contributed by atoms with Gasteiger partial charge in [0, 0.05) is 0 Å². The summed E-state index contributed by atoms with van der Waals surface area (Å²) in [7, 11) is -1.73. The Morgan fingerprint density at radius 3 is 1.52 bits per heavy atom. The molecule has 1 aromatic rings. The van der Waals surface area contributed by atoms with Crippen LogP contribution in [0.3, 0.4) is 0 Å². The van der Waals surface area contributed by atoms with Gasteiger partial charge in [0.15, 0.2) is 0 Å². The van der Waals surface area contributed by atoms with E-state index in [0.717, 1.165) is 16.9 Å². The van der Waals surface area contributed by atoms with Gasteiger partial charge in [-0.25, -0.2) is 0 Å². The van der Waals surface area contributed by atoms with Crippen molar-refractivity contribution in [3.63, 3.8) is 0 Å². The fourth-order valence-electron chi connectivity index (χ4n) is 2.22. The lowest BCUT2D eigenvalue weighted by atomic mass is 9.78. The third kappa shape index (κ3) is 4.61. The normalized spacial score (nSPS) is 13.0. The fraction of sp³-hybridized carbons (Fsp3) is 0.611. The third-order valence-corrected chi connectivity index (χ3v) is 4.06. The highest BCUT2D eigenvalue weighted by atomic mass is 28.4. The molecule has 0 aliphatic heterocycles. The van der Waals surface area contributed by atoms with Crippen molar-refractivity contribution in [1.82, 2.24) is 0 Å². The van der Waals surface area contributed by atoms with Gasteiger partial charge in [-0.1, -0.05) is 41.5 Å². The summed E-state index contributed by atoms with van der Waals surface area (Å²) in [6.45, 7) is 19.6. The van der Waals surface area contributed by atoms with Crippen LogP contribution in [0.4, 0.5) is 0 Å². The molecule has 0 aliphatic carbocycles. The van der Waals surface area contributed by atoms with Crippen molar-refractivity contribution in [2.24, 2.45) is 0 Å². The minimum atomic E-state index is -1.73. The average Bonchev–Trinajstić information content (AvgIpc) is 2.23. The van der Waals surface area contributed by atoms with Crippen LogP contribution in [-0.4, -0.2) is 8.32 Å². The number of hydrogen-bond acceptors (Lipinski definition) is 2. The van der Waals surface area contributed by atoms with E-state index in [1.165, 1.54) is 0 Å². The molecular weight excluding hydrogens is 274 g/mol. The highest BCUT2D eigenvalue weighted by Gasteiger charge is 2.30. The molecule has 116 valence electrons. The number of nitriles is 1. The molecule has 0 saturated carbocycles. The molecule has 21 heavy (non-hydrogen) atoms. The van der Waals surface area contributed by atoms with Crippen LogP contribution in [0.2, 0.25) is 19.6 Å². The zero-order chi connectivity index (χ0) is 16.6. The maximum Gasteiger partial charge on any atom is 0.242 e. The molecule has 1 rings (SSSR count). The van der Waals surface area contributed by atoms with Crippen LogP contribution in [0.25, 0.3) is 0 Å². The smallest absolute Gasteiger partial charge is 0.242 e. The van der Waals surface area contributed by atoms with E-state index in [1.54, 1.807) is 0 Å². The first-order valence-electron chi connectivity index (χ1n) is 7.54. The van der Waals surface area contributed by atoms with Gasteiger partial charge < -0.3 is 4.43 Å². The van der Waals surface area contributed by atoms with Crippen LogP contribution >= 0.6 is 0 Å². The molecule has 0 aliphatic rings. The zero-order valence-electron chi connectivity index (χ0n) is 15.0. The monoisotopic (exact) mass is 303 g/mol. The summed E-state index contributed by atoms with van der Waals surface area (Å²) < 4.78 is 6.45. The summed E-state index contributed by atoms with van der Waals surface area (Å²) in [5.41, 5.74) is 2.87. The first-order valence-corrected chi connectivity index (χ1v) is 10.9. The number of nitrogens with zero attached hydrogens (tertiary/aromatic N) is 1. The van der Waals surface area contributed by atoms with E-state index >= 15 is 0 Å². The molecule has 0 aromatic heterocycles. The van der Waals surface area contributed by atoms with Gasteiger partial charge in [0.2, 0.25) is 8.32 Å². The molecule has 0 heterocycles. The summed E-state index contributed by atoms with van der Waals surface area (Å²) in [4.78, 5) is 0. The van der Waals surface area contributed by atoms with Crippen molar-refractivity contribution >= 4 is 8.32 Å². The number of hydrogen-bond donors (Lipinski definition) is 0. The third-order valence-electron chi connectivity index (χ3n) is 3.24.